The van der Waals surface area contributed by atoms with Crippen molar-refractivity contribution in [2.75, 3.05) is 20.2 Å². The van der Waals surface area contributed by atoms with Crippen LogP contribution in [0, 0.1) is 0 Å². The van der Waals surface area contributed by atoms with Gasteiger partial charge in [0, 0.05) is 24.9 Å². The zero-order chi connectivity index (χ0) is 19.2. The van der Waals surface area contributed by atoms with Crippen LogP contribution in [0.2, 0.25) is 0 Å². The number of sulfonamides is 1. The first-order chi connectivity index (χ1) is 12.4. The Labute approximate surface area is 154 Å². The Morgan fingerprint density at radius 2 is 1.77 bits per heavy atom. The van der Waals surface area contributed by atoms with E-state index in [0.717, 1.165) is 5.56 Å². The molecule has 0 unspecified atom stereocenters. The minimum atomic E-state index is -3.45. The second kappa shape index (κ2) is 8.82. The molecular formula is C19H24N2O4S. The van der Waals surface area contributed by atoms with Crippen LogP contribution in [0.15, 0.2) is 52.4 Å². The third-order valence-electron chi connectivity index (χ3n) is 4.02. The highest BCUT2D eigenvalue weighted by molar-refractivity contribution is 7.89. The van der Waals surface area contributed by atoms with E-state index in [1.807, 2.05) is 13.8 Å². The number of aliphatic imine (C=N–C) groups is 1. The van der Waals surface area contributed by atoms with Crippen LogP contribution in [-0.2, 0) is 16.6 Å². The van der Waals surface area contributed by atoms with Crippen LogP contribution >= 0.6 is 0 Å². The summed E-state index contributed by atoms with van der Waals surface area (Å²) in [4.78, 5) is 4.58. The highest BCUT2D eigenvalue weighted by Gasteiger charge is 2.20. The largest absolute Gasteiger partial charge is 0.504 e. The van der Waals surface area contributed by atoms with Crippen LogP contribution in [0.5, 0.6) is 11.5 Å². The van der Waals surface area contributed by atoms with Crippen LogP contribution in [0.4, 0.5) is 0 Å². The number of nitrogens with zero attached hydrogens (tertiary/aromatic N) is 2. The van der Waals surface area contributed by atoms with Crippen LogP contribution < -0.4 is 4.74 Å². The number of rotatable bonds is 8. The SMILES string of the molecule is CCN(CC)S(=O)(=O)c1ccc(CN=Cc2cccc(OC)c2O)cc1. The van der Waals surface area contributed by atoms with E-state index in [4.69, 9.17) is 4.74 Å². The molecule has 2 aromatic rings. The van der Waals surface area contributed by atoms with Crippen molar-refractivity contribution in [1.29, 1.82) is 0 Å². The minimum Gasteiger partial charge on any atom is -0.504 e. The number of para-hydroxylation sites is 1. The standard InChI is InChI=1S/C19H24N2O4S/c1-4-21(5-2)26(23,24)17-11-9-15(10-12-17)13-20-14-16-7-6-8-18(25-3)19(16)22/h6-12,14,22H,4-5,13H2,1-3H3. The molecule has 26 heavy (non-hydrogen) atoms. The fourth-order valence-electron chi connectivity index (χ4n) is 2.54. The van der Waals surface area contributed by atoms with Crippen molar-refractivity contribution in [3.05, 3.63) is 53.6 Å². The smallest absolute Gasteiger partial charge is 0.243 e. The Kier molecular flexibility index (Phi) is 6.76. The van der Waals surface area contributed by atoms with Gasteiger partial charge < -0.3 is 9.84 Å². The lowest BCUT2D eigenvalue weighted by molar-refractivity contribution is 0.373. The van der Waals surface area contributed by atoms with Crippen molar-refractivity contribution in [3.63, 3.8) is 0 Å². The van der Waals surface area contributed by atoms with E-state index < -0.39 is 10.0 Å². The van der Waals surface area contributed by atoms with Crippen molar-refractivity contribution in [2.24, 2.45) is 4.99 Å². The number of phenolic OH excluding ortho intramolecular Hbond substituents is 1. The molecule has 0 fully saturated rings. The lowest BCUT2D eigenvalue weighted by Gasteiger charge is -2.18. The molecule has 0 bridgehead atoms. The molecule has 0 saturated carbocycles. The molecule has 2 rings (SSSR count). The van der Waals surface area contributed by atoms with Crippen LogP contribution in [0.1, 0.15) is 25.0 Å². The summed E-state index contributed by atoms with van der Waals surface area (Å²) < 4.78 is 31.4. The Bertz CT molecular complexity index is 858. The lowest BCUT2D eigenvalue weighted by atomic mass is 10.2. The average molecular weight is 376 g/mol. The van der Waals surface area contributed by atoms with E-state index in [1.165, 1.54) is 11.4 Å². The maximum Gasteiger partial charge on any atom is 0.243 e. The Morgan fingerprint density at radius 1 is 1.12 bits per heavy atom. The number of benzene rings is 2. The summed E-state index contributed by atoms with van der Waals surface area (Å²) in [6.45, 7) is 4.89. The molecule has 0 saturated heterocycles. The van der Waals surface area contributed by atoms with Gasteiger partial charge >= 0.3 is 0 Å². The monoisotopic (exact) mass is 376 g/mol. The van der Waals surface area contributed by atoms with E-state index in [-0.39, 0.29) is 10.6 Å². The van der Waals surface area contributed by atoms with Crippen molar-refractivity contribution in [3.8, 4) is 11.5 Å². The summed E-state index contributed by atoms with van der Waals surface area (Å²) in [5.41, 5.74) is 1.44. The molecule has 140 valence electrons. The maximum atomic E-state index is 12.5. The molecule has 7 heteroatoms. The van der Waals surface area contributed by atoms with E-state index >= 15 is 0 Å². The van der Waals surface area contributed by atoms with E-state index in [9.17, 15) is 13.5 Å². The van der Waals surface area contributed by atoms with Gasteiger partial charge in [0.1, 0.15) is 0 Å². The average Bonchev–Trinajstić information content (AvgIpc) is 2.64. The van der Waals surface area contributed by atoms with E-state index in [1.54, 1.807) is 48.7 Å². The summed E-state index contributed by atoms with van der Waals surface area (Å²) in [6.07, 6.45) is 1.57. The number of ether oxygens (including phenoxy) is 1. The number of hydrogen-bond acceptors (Lipinski definition) is 5. The Morgan fingerprint density at radius 3 is 2.35 bits per heavy atom. The molecule has 0 aliphatic heterocycles. The zero-order valence-electron chi connectivity index (χ0n) is 15.2. The number of hydrogen-bond donors (Lipinski definition) is 1. The molecule has 1 N–H and O–H groups in total. The third kappa shape index (κ3) is 4.42. The van der Waals surface area contributed by atoms with Gasteiger partial charge in [-0.15, -0.1) is 0 Å². The van der Waals surface area contributed by atoms with Crippen molar-refractivity contribution < 1.29 is 18.3 Å². The van der Waals surface area contributed by atoms with Gasteiger partial charge in [-0.3, -0.25) is 4.99 Å². The summed E-state index contributed by atoms with van der Waals surface area (Å²) in [7, 11) is -1.96. The summed E-state index contributed by atoms with van der Waals surface area (Å²) in [5, 5.41) is 10.0. The first kappa shape index (κ1) is 19.9. The van der Waals surface area contributed by atoms with Gasteiger partial charge in [0.25, 0.3) is 0 Å². The highest BCUT2D eigenvalue weighted by atomic mass is 32.2. The van der Waals surface area contributed by atoms with Crippen LogP contribution in [0.3, 0.4) is 0 Å². The molecule has 0 aromatic heterocycles. The molecule has 6 nitrogen and oxygen atoms in total. The first-order valence-electron chi connectivity index (χ1n) is 8.38. The first-order valence-corrected chi connectivity index (χ1v) is 9.82. The number of phenols is 1. The third-order valence-corrected chi connectivity index (χ3v) is 6.09. The molecule has 0 spiro atoms. The fourth-order valence-corrected chi connectivity index (χ4v) is 4.00. The van der Waals surface area contributed by atoms with Crippen molar-refractivity contribution in [2.45, 2.75) is 25.3 Å². The highest BCUT2D eigenvalue weighted by Crippen LogP contribution is 2.28. The number of methoxy groups -OCH3 is 1. The number of aromatic hydroxyl groups is 1. The molecular weight excluding hydrogens is 352 g/mol. The van der Waals surface area contributed by atoms with Gasteiger partial charge in [-0.05, 0) is 29.8 Å². The maximum absolute atomic E-state index is 12.5. The van der Waals surface area contributed by atoms with Gasteiger partial charge in [-0.25, -0.2) is 8.42 Å². The van der Waals surface area contributed by atoms with E-state index in [2.05, 4.69) is 4.99 Å². The zero-order valence-corrected chi connectivity index (χ0v) is 16.0. The topological polar surface area (TPSA) is 79.2 Å². The predicted octanol–water partition coefficient (Wildman–Crippen LogP) is 3.05. The summed E-state index contributed by atoms with van der Waals surface area (Å²) in [6, 6.07) is 11.9. The van der Waals surface area contributed by atoms with Gasteiger partial charge in [0.2, 0.25) is 10.0 Å². The Hall–Kier alpha value is -2.38. The molecule has 2 aromatic carbocycles. The molecule has 0 aliphatic rings. The quantitative estimate of drug-likeness (QED) is 0.718. The van der Waals surface area contributed by atoms with Gasteiger partial charge in [0.15, 0.2) is 11.5 Å². The van der Waals surface area contributed by atoms with Gasteiger partial charge in [-0.1, -0.05) is 32.0 Å². The van der Waals surface area contributed by atoms with Crippen LogP contribution in [0.25, 0.3) is 0 Å². The molecule has 0 radical (unpaired) electrons. The van der Waals surface area contributed by atoms with Gasteiger partial charge in [-0.2, -0.15) is 4.31 Å². The predicted molar refractivity (Wildman–Crippen MR) is 103 cm³/mol. The van der Waals surface area contributed by atoms with Gasteiger partial charge in [0.05, 0.1) is 18.6 Å². The lowest BCUT2D eigenvalue weighted by Crippen LogP contribution is -2.30. The van der Waals surface area contributed by atoms with E-state index in [0.29, 0.717) is 30.9 Å². The van der Waals surface area contributed by atoms with Crippen molar-refractivity contribution >= 4 is 16.2 Å². The Balaban J connectivity index is 2.11. The van der Waals surface area contributed by atoms with Crippen molar-refractivity contribution in [1.82, 2.24) is 4.31 Å². The molecule has 0 atom stereocenters. The fraction of sp³-hybridized carbons (Fsp3) is 0.316. The second-order valence-corrected chi connectivity index (χ2v) is 7.54. The molecule has 0 heterocycles. The minimum absolute atomic E-state index is 0.0411. The second-order valence-electron chi connectivity index (χ2n) is 5.60. The summed E-state index contributed by atoms with van der Waals surface area (Å²) >= 11 is 0. The molecule has 0 aliphatic carbocycles. The van der Waals surface area contributed by atoms with Crippen LogP contribution in [-0.4, -0.2) is 44.2 Å². The molecule has 0 amide bonds. The normalized spacial score (nSPS) is 12.0. The summed E-state index contributed by atoms with van der Waals surface area (Å²) in [5.74, 6) is 0.430.